The number of halogens is 3. The highest BCUT2D eigenvalue weighted by molar-refractivity contribution is 7.88. The Morgan fingerprint density at radius 2 is 1.72 bits per heavy atom. The standard InChI is InChI=1S/C16H14F3NO4S/c17-16(18,19)25(22,23)24-13-9-14(11-5-4-6-11)20(15(21)10-13)12-7-2-1-3-8-12/h1-3,7-11H,4-6H2. The van der Waals surface area contributed by atoms with Crippen molar-refractivity contribution in [2.24, 2.45) is 0 Å². The summed E-state index contributed by atoms with van der Waals surface area (Å²) in [6.07, 6.45) is 2.46. The van der Waals surface area contributed by atoms with E-state index in [2.05, 4.69) is 4.18 Å². The van der Waals surface area contributed by atoms with E-state index < -0.39 is 26.9 Å². The predicted molar refractivity (Wildman–Crippen MR) is 84.2 cm³/mol. The summed E-state index contributed by atoms with van der Waals surface area (Å²) >= 11 is 0. The molecule has 1 fully saturated rings. The van der Waals surface area contributed by atoms with Crippen LogP contribution < -0.4 is 9.74 Å². The zero-order valence-corrected chi connectivity index (χ0v) is 13.7. The molecule has 0 spiro atoms. The second-order valence-electron chi connectivity index (χ2n) is 5.74. The molecule has 0 atom stereocenters. The maximum absolute atomic E-state index is 12.5. The van der Waals surface area contributed by atoms with Gasteiger partial charge in [-0.25, -0.2) is 0 Å². The molecule has 1 aromatic heterocycles. The highest BCUT2D eigenvalue weighted by Gasteiger charge is 2.48. The molecule has 1 heterocycles. The second kappa shape index (κ2) is 6.21. The van der Waals surface area contributed by atoms with Crippen LogP contribution in [-0.2, 0) is 10.1 Å². The van der Waals surface area contributed by atoms with Crippen molar-refractivity contribution in [2.45, 2.75) is 30.7 Å². The van der Waals surface area contributed by atoms with E-state index in [9.17, 15) is 26.4 Å². The molecule has 0 radical (unpaired) electrons. The van der Waals surface area contributed by atoms with E-state index >= 15 is 0 Å². The Labute approximate surface area is 141 Å². The van der Waals surface area contributed by atoms with Gasteiger partial charge in [0.05, 0.1) is 0 Å². The van der Waals surface area contributed by atoms with Gasteiger partial charge >= 0.3 is 15.6 Å². The summed E-state index contributed by atoms with van der Waals surface area (Å²) in [6.45, 7) is 0. The van der Waals surface area contributed by atoms with Crippen molar-refractivity contribution in [3.63, 3.8) is 0 Å². The van der Waals surface area contributed by atoms with Crippen LogP contribution in [0.15, 0.2) is 47.3 Å². The molecule has 0 aliphatic heterocycles. The van der Waals surface area contributed by atoms with Crippen LogP contribution in [0.1, 0.15) is 30.9 Å². The van der Waals surface area contributed by atoms with E-state index in [4.69, 9.17) is 0 Å². The van der Waals surface area contributed by atoms with Gasteiger partial charge in [0.2, 0.25) is 0 Å². The van der Waals surface area contributed by atoms with E-state index in [-0.39, 0.29) is 5.92 Å². The van der Waals surface area contributed by atoms with Crippen molar-refractivity contribution in [1.29, 1.82) is 0 Å². The first-order chi connectivity index (χ1) is 11.7. The largest absolute Gasteiger partial charge is 0.534 e. The highest BCUT2D eigenvalue weighted by atomic mass is 32.2. The molecule has 134 valence electrons. The Morgan fingerprint density at radius 1 is 1.08 bits per heavy atom. The van der Waals surface area contributed by atoms with Gasteiger partial charge in [0.15, 0.2) is 0 Å². The Kier molecular flexibility index (Phi) is 4.36. The predicted octanol–water partition coefficient (Wildman–Crippen LogP) is 3.33. The zero-order valence-electron chi connectivity index (χ0n) is 12.9. The summed E-state index contributed by atoms with van der Waals surface area (Å²) in [6, 6.07) is 10.5. The van der Waals surface area contributed by atoms with E-state index in [1.165, 1.54) is 10.6 Å². The minimum absolute atomic E-state index is 0.0370. The fourth-order valence-corrected chi connectivity index (χ4v) is 3.09. The SMILES string of the molecule is O=c1cc(OS(=O)(=O)C(F)(F)F)cc(C2CCC2)n1-c1ccccc1. The first-order valence-electron chi connectivity index (χ1n) is 7.52. The molecule has 9 heteroatoms. The van der Waals surface area contributed by atoms with E-state index in [1.807, 2.05) is 0 Å². The number of hydrogen-bond acceptors (Lipinski definition) is 4. The van der Waals surface area contributed by atoms with Gasteiger partial charge in [-0.15, -0.1) is 0 Å². The molecule has 0 bridgehead atoms. The number of hydrogen-bond donors (Lipinski definition) is 0. The molecule has 0 saturated heterocycles. The quantitative estimate of drug-likeness (QED) is 0.609. The smallest absolute Gasteiger partial charge is 0.376 e. The van der Waals surface area contributed by atoms with Crippen LogP contribution in [0.2, 0.25) is 0 Å². The topological polar surface area (TPSA) is 65.4 Å². The first kappa shape index (κ1) is 17.5. The third-order valence-electron chi connectivity index (χ3n) is 4.06. The molecule has 0 N–H and O–H groups in total. The molecule has 3 rings (SSSR count). The zero-order chi connectivity index (χ0) is 18.2. The molecule has 1 aliphatic rings. The monoisotopic (exact) mass is 373 g/mol. The third kappa shape index (κ3) is 3.41. The molecule has 1 aromatic carbocycles. The van der Waals surface area contributed by atoms with Gasteiger partial charge in [0.1, 0.15) is 5.75 Å². The number of rotatable bonds is 4. The van der Waals surface area contributed by atoms with E-state index in [1.54, 1.807) is 30.3 Å². The summed E-state index contributed by atoms with van der Waals surface area (Å²) in [5, 5.41) is 0. The Morgan fingerprint density at radius 3 is 2.24 bits per heavy atom. The van der Waals surface area contributed by atoms with Crippen LogP contribution in [0.4, 0.5) is 13.2 Å². The van der Waals surface area contributed by atoms with Crippen LogP contribution in [0.25, 0.3) is 5.69 Å². The van der Waals surface area contributed by atoms with Crippen LogP contribution in [0.3, 0.4) is 0 Å². The first-order valence-corrected chi connectivity index (χ1v) is 8.93. The molecular formula is C16H14F3NO4S. The van der Waals surface area contributed by atoms with Crippen molar-refractivity contribution in [3.05, 3.63) is 58.5 Å². The second-order valence-corrected chi connectivity index (χ2v) is 7.27. The number of aromatic nitrogens is 1. The Hall–Kier alpha value is -2.29. The Balaban J connectivity index is 2.10. The van der Waals surface area contributed by atoms with Gasteiger partial charge in [-0.05, 0) is 30.9 Å². The lowest BCUT2D eigenvalue weighted by molar-refractivity contribution is -0.0500. The highest BCUT2D eigenvalue weighted by Crippen LogP contribution is 2.38. The molecule has 0 amide bonds. The lowest BCUT2D eigenvalue weighted by Crippen LogP contribution is -2.30. The summed E-state index contributed by atoms with van der Waals surface area (Å²) in [4.78, 5) is 12.4. The van der Waals surface area contributed by atoms with Gasteiger partial charge in [0, 0.05) is 23.5 Å². The fraction of sp³-hybridized carbons (Fsp3) is 0.312. The van der Waals surface area contributed by atoms with Gasteiger partial charge in [-0.1, -0.05) is 24.6 Å². The van der Waals surface area contributed by atoms with Crippen molar-refractivity contribution in [3.8, 4) is 11.4 Å². The number of nitrogens with zero attached hydrogens (tertiary/aromatic N) is 1. The van der Waals surface area contributed by atoms with Gasteiger partial charge in [0.25, 0.3) is 5.56 Å². The molecule has 5 nitrogen and oxygen atoms in total. The van der Waals surface area contributed by atoms with E-state index in [0.717, 1.165) is 25.3 Å². The number of alkyl halides is 3. The minimum atomic E-state index is -5.82. The molecule has 1 aliphatic carbocycles. The average molecular weight is 373 g/mol. The fourth-order valence-electron chi connectivity index (χ4n) is 2.65. The summed E-state index contributed by atoms with van der Waals surface area (Å²) in [5.41, 5.74) is -5.21. The van der Waals surface area contributed by atoms with Crippen molar-refractivity contribution >= 4 is 10.1 Å². The maximum atomic E-state index is 12.5. The van der Waals surface area contributed by atoms with Crippen LogP contribution >= 0.6 is 0 Å². The lowest BCUT2D eigenvalue weighted by atomic mass is 9.82. The van der Waals surface area contributed by atoms with Crippen LogP contribution in [-0.4, -0.2) is 18.5 Å². The maximum Gasteiger partial charge on any atom is 0.534 e. The molecule has 2 aromatic rings. The number of benzene rings is 1. The van der Waals surface area contributed by atoms with Crippen LogP contribution in [0.5, 0.6) is 5.75 Å². The van der Waals surface area contributed by atoms with Crippen LogP contribution in [0, 0.1) is 0 Å². The number of pyridine rings is 1. The summed E-state index contributed by atoms with van der Waals surface area (Å²) in [7, 11) is -5.82. The normalized spacial score (nSPS) is 15.6. The Bertz CT molecular complexity index is 932. The minimum Gasteiger partial charge on any atom is -0.376 e. The van der Waals surface area contributed by atoms with Crippen molar-refractivity contribution in [1.82, 2.24) is 4.57 Å². The average Bonchev–Trinajstić information content (AvgIpc) is 2.44. The van der Waals surface area contributed by atoms with Crippen molar-refractivity contribution < 1.29 is 25.8 Å². The van der Waals surface area contributed by atoms with Crippen molar-refractivity contribution in [2.75, 3.05) is 0 Å². The number of para-hydroxylation sites is 1. The van der Waals surface area contributed by atoms with E-state index in [0.29, 0.717) is 11.4 Å². The molecule has 25 heavy (non-hydrogen) atoms. The molecule has 0 unspecified atom stereocenters. The lowest BCUT2D eigenvalue weighted by Gasteiger charge is -2.28. The summed E-state index contributed by atoms with van der Waals surface area (Å²) < 4.78 is 65.4. The molecular weight excluding hydrogens is 359 g/mol. The molecule has 1 saturated carbocycles. The third-order valence-corrected chi connectivity index (χ3v) is 5.04. The van der Waals surface area contributed by atoms with Gasteiger partial charge in [-0.2, -0.15) is 21.6 Å². The summed E-state index contributed by atoms with van der Waals surface area (Å²) in [5.74, 6) is -0.665. The van der Waals surface area contributed by atoms with Gasteiger partial charge in [-0.3, -0.25) is 9.36 Å². The van der Waals surface area contributed by atoms with Gasteiger partial charge < -0.3 is 4.18 Å².